The van der Waals surface area contributed by atoms with E-state index in [0.717, 1.165) is 6.42 Å². The Labute approximate surface area is 65.3 Å². The van der Waals surface area contributed by atoms with Crippen molar-refractivity contribution in [3.05, 3.63) is 12.0 Å². The van der Waals surface area contributed by atoms with Gasteiger partial charge in [-0.1, -0.05) is 19.9 Å². The van der Waals surface area contributed by atoms with Crippen LogP contribution in [0.15, 0.2) is 12.0 Å². The van der Waals surface area contributed by atoms with E-state index in [2.05, 4.69) is 6.58 Å². The maximum Gasteiger partial charge on any atom is 0.316 e. The molecule has 0 saturated carbocycles. The molecule has 0 fully saturated rings. The number of thioether (sulfide) groups is 1. The largest absolute Gasteiger partial charge is 0.480 e. The summed E-state index contributed by atoms with van der Waals surface area (Å²) in [5, 5.41) is 9.84. The van der Waals surface area contributed by atoms with Gasteiger partial charge < -0.3 is 5.11 Å². The van der Waals surface area contributed by atoms with E-state index < -0.39 is 5.97 Å². The second kappa shape index (κ2) is 5.35. The fraction of sp³-hybridized carbons (Fsp3) is 0.571. The standard InChI is InChI=1S/C7H12O2S/c1-3-5-6(7(8)9)10-4-2/h4,6H,2-3,5H2,1H3,(H,8,9). The van der Waals surface area contributed by atoms with Gasteiger partial charge in [-0.3, -0.25) is 4.79 Å². The second-order valence-electron chi connectivity index (χ2n) is 1.92. The van der Waals surface area contributed by atoms with Crippen molar-refractivity contribution < 1.29 is 9.90 Å². The van der Waals surface area contributed by atoms with Crippen LogP contribution in [0.25, 0.3) is 0 Å². The zero-order valence-electron chi connectivity index (χ0n) is 6.04. The molecule has 0 heterocycles. The Morgan fingerprint density at radius 2 is 2.50 bits per heavy atom. The molecule has 0 aromatic rings. The van der Waals surface area contributed by atoms with E-state index >= 15 is 0 Å². The van der Waals surface area contributed by atoms with Crippen molar-refractivity contribution in [1.82, 2.24) is 0 Å². The molecule has 1 N–H and O–H groups in total. The van der Waals surface area contributed by atoms with Crippen molar-refractivity contribution in [3.8, 4) is 0 Å². The Hall–Kier alpha value is -0.440. The SMILES string of the molecule is C=CSC(CCC)C(=O)O. The predicted octanol–water partition coefficient (Wildman–Crippen LogP) is 2.12. The predicted molar refractivity (Wildman–Crippen MR) is 44.1 cm³/mol. The monoisotopic (exact) mass is 160 g/mol. The van der Waals surface area contributed by atoms with Crippen LogP contribution < -0.4 is 0 Å². The third-order valence-corrected chi connectivity index (χ3v) is 2.05. The lowest BCUT2D eigenvalue weighted by Crippen LogP contribution is -2.14. The highest BCUT2D eigenvalue weighted by Crippen LogP contribution is 2.16. The molecule has 0 aromatic heterocycles. The first-order valence-electron chi connectivity index (χ1n) is 3.21. The average molecular weight is 160 g/mol. The highest BCUT2D eigenvalue weighted by molar-refractivity contribution is 8.03. The zero-order chi connectivity index (χ0) is 7.98. The van der Waals surface area contributed by atoms with Crippen molar-refractivity contribution in [2.24, 2.45) is 0 Å². The van der Waals surface area contributed by atoms with E-state index in [0.29, 0.717) is 6.42 Å². The molecule has 1 atom stereocenters. The first-order valence-corrected chi connectivity index (χ1v) is 4.15. The molecule has 0 aliphatic rings. The fourth-order valence-corrected chi connectivity index (χ4v) is 1.35. The van der Waals surface area contributed by atoms with E-state index in [-0.39, 0.29) is 5.25 Å². The molecule has 2 nitrogen and oxygen atoms in total. The van der Waals surface area contributed by atoms with Gasteiger partial charge in [-0.25, -0.2) is 0 Å². The molecule has 0 bridgehead atoms. The van der Waals surface area contributed by atoms with E-state index in [9.17, 15) is 4.79 Å². The summed E-state index contributed by atoms with van der Waals surface area (Å²) in [5.74, 6) is -0.744. The van der Waals surface area contributed by atoms with Gasteiger partial charge in [0.25, 0.3) is 0 Å². The van der Waals surface area contributed by atoms with Gasteiger partial charge in [0, 0.05) is 0 Å². The van der Waals surface area contributed by atoms with Gasteiger partial charge in [0.2, 0.25) is 0 Å². The van der Waals surface area contributed by atoms with Crippen LogP contribution in [0.2, 0.25) is 0 Å². The Balaban J connectivity index is 3.71. The van der Waals surface area contributed by atoms with Gasteiger partial charge in [-0.15, -0.1) is 11.8 Å². The summed E-state index contributed by atoms with van der Waals surface area (Å²) in [4.78, 5) is 10.4. The molecule has 0 saturated heterocycles. The van der Waals surface area contributed by atoms with Crippen LogP contribution in [-0.4, -0.2) is 16.3 Å². The van der Waals surface area contributed by atoms with Crippen molar-refractivity contribution in [2.75, 3.05) is 0 Å². The molecule has 0 aliphatic carbocycles. The van der Waals surface area contributed by atoms with Gasteiger partial charge in [0.05, 0.1) is 0 Å². The molecule has 0 amide bonds. The van der Waals surface area contributed by atoms with Crippen LogP contribution >= 0.6 is 11.8 Å². The number of carboxylic acids is 1. The Morgan fingerprint density at radius 3 is 2.80 bits per heavy atom. The topological polar surface area (TPSA) is 37.3 Å². The molecular weight excluding hydrogens is 148 g/mol. The number of hydrogen-bond acceptors (Lipinski definition) is 2. The zero-order valence-corrected chi connectivity index (χ0v) is 6.86. The van der Waals surface area contributed by atoms with Gasteiger partial charge in [-0.2, -0.15) is 0 Å². The first kappa shape index (κ1) is 9.56. The summed E-state index contributed by atoms with van der Waals surface area (Å²) < 4.78 is 0. The smallest absolute Gasteiger partial charge is 0.316 e. The average Bonchev–Trinajstić information content (AvgIpc) is 1.87. The second-order valence-corrected chi connectivity index (χ2v) is 3.09. The number of hydrogen-bond donors (Lipinski definition) is 1. The molecule has 10 heavy (non-hydrogen) atoms. The number of rotatable bonds is 5. The molecule has 3 heteroatoms. The minimum atomic E-state index is -0.744. The Bertz CT molecular complexity index is 123. The number of carbonyl (C=O) groups is 1. The van der Waals surface area contributed by atoms with Crippen LogP contribution in [0.4, 0.5) is 0 Å². The van der Waals surface area contributed by atoms with E-state index in [1.807, 2.05) is 6.92 Å². The third kappa shape index (κ3) is 3.56. The quantitative estimate of drug-likeness (QED) is 0.669. The summed E-state index contributed by atoms with van der Waals surface area (Å²) in [6.45, 7) is 5.44. The Morgan fingerprint density at radius 1 is 1.90 bits per heavy atom. The molecular formula is C7H12O2S. The maximum absolute atomic E-state index is 10.4. The Kier molecular flexibility index (Phi) is 5.12. The fourth-order valence-electron chi connectivity index (χ4n) is 0.628. The highest BCUT2D eigenvalue weighted by atomic mass is 32.2. The maximum atomic E-state index is 10.4. The first-order chi connectivity index (χ1) is 4.72. The summed E-state index contributed by atoms with van der Waals surface area (Å²) >= 11 is 1.27. The lowest BCUT2D eigenvalue weighted by atomic mass is 10.2. The van der Waals surface area contributed by atoms with Crippen molar-refractivity contribution >= 4 is 17.7 Å². The molecule has 0 spiro atoms. The van der Waals surface area contributed by atoms with E-state index in [1.54, 1.807) is 5.41 Å². The lowest BCUT2D eigenvalue weighted by molar-refractivity contribution is -0.136. The van der Waals surface area contributed by atoms with Crippen LogP contribution in [0.1, 0.15) is 19.8 Å². The van der Waals surface area contributed by atoms with Gasteiger partial charge in [-0.05, 0) is 11.8 Å². The van der Waals surface area contributed by atoms with Gasteiger partial charge in [0.1, 0.15) is 5.25 Å². The minimum absolute atomic E-state index is 0.303. The number of carboxylic acid groups (broad SMARTS) is 1. The summed E-state index contributed by atoms with van der Waals surface area (Å²) in [6.07, 6.45) is 1.61. The number of aliphatic carboxylic acids is 1. The summed E-state index contributed by atoms with van der Waals surface area (Å²) in [6, 6.07) is 0. The normalized spacial score (nSPS) is 12.5. The molecule has 0 rings (SSSR count). The van der Waals surface area contributed by atoms with E-state index in [1.165, 1.54) is 11.8 Å². The van der Waals surface area contributed by atoms with Crippen LogP contribution in [0, 0.1) is 0 Å². The molecule has 0 aliphatic heterocycles. The van der Waals surface area contributed by atoms with Crippen LogP contribution in [-0.2, 0) is 4.79 Å². The van der Waals surface area contributed by atoms with Gasteiger partial charge >= 0.3 is 5.97 Å². The summed E-state index contributed by atoms with van der Waals surface area (Å²) in [5.41, 5.74) is 0. The molecule has 0 aromatic carbocycles. The van der Waals surface area contributed by atoms with Crippen LogP contribution in [0.3, 0.4) is 0 Å². The molecule has 58 valence electrons. The van der Waals surface area contributed by atoms with Crippen molar-refractivity contribution in [1.29, 1.82) is 0 Å². The van der Waals surface area contributed by atoms with Crippen molar-refractivity contribution in [3.63, 3.8) is 0 Å². The summed E-state index contributed by atoms with van der Waals surface area (Å²) in [7, 11) is 0. The molecule has 1 unspecified atom stereocenters. The third-order valence-electron chi connectivity index (χ3n) is 1.09. The molecule has 0 radical (unpaired) electrons. The highest BCUT2D eigenvalue weighted by Gasteiger charge is 2.14. The lowest BCUT2D eigenvalue weighted by Gasteiger charge is -2.05. The van der Waals surface area contributed by atoms with E-state index in [4.69, 9.17) is 5.11 Å². The van der Waals surface area contributed by atoms with Crippen molar-refractivity contribution in [2.45, 2.75) is 25.0 Å². The van der Waals surface area contributed by atoms with Crippen LogP contribution in [0.5, 0.6) is 0 Å². The minimum Gasteiger partial charge on any atom is -0.480 e. The van der Waals surface area contributed by atoms with Gasteiger partial charge in [0.15, 0.2) is 0 Å².